The number of hydrogen-bond acceptors (Lipinski definition) is 3. The van der Waals surface area contributed by atoms with Crippen LogP contribution in [0.15, 0.2) is 59.6 Å². The van der Waals surface area contributed by atoms with Gasteiger partial charge >= 0.3 is 0 Å². The molecular formula is C24H30N4O. The molecule has 0 unspecified atom stereocenters. The van der Waals surface area contributed by atoms with Crippen molar-refractivity contribution in [2.75, 3.05) is 37.7 Å². The molecule has 0 saturated carbocycles. The number of rotatable bonds is 7. The van der Waals surface area contributed by atoms with Crippen LogP contribution in [0.25, 0.3) is 0 Å². The number of guanidine groups is 1. The first-order valence-electron chi connectivity index (χ1n) is 10.6. The fourth-order valence-corrected chi connectivity index (χ4v) is 3.77. The van der Waals surface area contributed by atoms with Gasteiger partial charge in [-0.2, -0.15) is 0 Å². The molecule has 29 heavy (non-hydrogen) atoms. The molecule has 2 aromatic carbocycles. The molecule has 0 bridgehead atoms. The smallest absolute Gasteiger partial charge is 0.191 e. The summed E-state index contributed by atoms with van der Waals surface area (Å²) in [5.41, 5.74) is 5.16. The molecule has 0 fully saturated rings. The van der Waals surface area contributed by atoms with Gasteiger partial charge in [0.1, 0.15) is 5.75 Å². The number of fused-ring (bicyclic) bond motifs is 1. The first-order valence-corrected chi connectivity index (χ1v) is 10.6. The van der Waals surface area contributed by atoms with Crippen LogP contribution in [0.5, 0.6) is 5.75 Å². The quantitative estimate of drug-likeness (QED) is 0.433. The van der Waals surface area contributed by atoms with Crippen LogP contribution in [0.1, 0.15) is 23.6 Å². The maximum Gasteiger partial charge on any atom is 0.191 e. The normalized spacial score (nSPS) is 15.3. The van der Waals surface area contributed by atoms with Gasteiger partial charge in [0.25, 0.3) is 0 Å². The van der Waals surface area contributed by atoms with E-state index in [1.165, 1.54) is 22.4 Å². The number of hydrogen-bond donors (Lipinski definition) is 2. The van der Waals surface area contributed by atoms with Crippen LogP contribution in [0.4, 0.5) is 5.69 Å². The third-order valence-electron chi connectivity index (χ3n) is 5.32. The fraction of sp³-hybridized carbons (Fsp3) is 0.375. The molecule has 152 valence electrons. The predicted octanol–water partition coefficient (Wildman–Crippen LogP) is 3.30. The third kappa shape index (κ3) is 5.11. The van der Waals surface area contributed by atoms with E-state index in [9.17, 15) is 0 Å². The van der Waals surface area contributed by atoms with Gasteiger partial charge < -0.3 is 20.3 Å². The van der Waals surface area contributed by atoms with Crippen molar-refractivity contribution in [2.24, 2.45) is 4.99 Å². The van der Waals surface area contributed by atoms with Gasteiger partial charge in [-0.25, -0.2) is 4.99 Å². The van der Waals surface area contributed by atoms with E-state index in [1.54, 1.807) is 0 Å². The SMILES string of the molecule is CCNC(=NCc1cccc(N2CC=CC2)c1)NCCc1ccc2c(c1)CCO2. The molecule has 0 saturated heterocycles. The van der Waals surface area contributed by atoms with Gasteiger partial charge in [-0.3, -0.25) is 0 Å². The highest BCUT2D eigenvalue weighted by atomic mass is 16.5. The van der Waals surface area contributed by atoms with Crippen LogP contribution in [0.2, 0.25) is 0 Å². The van der Waals surface area contributed by atoms with Crippen LogP contribution in [0.3, 0.4) is 0 Å². The van der Waals surface area contributed by atoms with Crippen molar-refractivity contribution in [3.8, 4) is 5.75 Å². The van der Waals surface area contributed by atoms with E-state index >= 15 is 0 Å². The van der Waals surface area contributed by atoms with Crippen LogP contribution in [0, 0.1) is 0 Å². The standard InChI is InChI=1S/C24H30N4O/c1-2-25-24(26-12-10-19-8-9-23-21(16-19)11-15-29-23)27-18-20-6-5-7-22(17-20)28-13-3-4-14-28/h3-9,16-17H,2,10-15,18H2,1H3,(H2,25,26,27). The minimum atomic E-state index is 0.667. The van der Waals surface area contributed by atoms with Crippen molar-refractivity contribution in [1.82, 2.24) is 10.6 Å². The molecular weight excluding hydrogens is 360 g/mol. The van der Waals surface area contributed by atoms with Crippen molar-refractivity contribution < 1.29 is 4.74 Å². The van der Waals surface area contributed by atoms with Gasteiger partial charge in [-0.1, -0.05) is 36.4 Å². The number of ether oxygens (including phenoxy) is 1. The van der Waals surface area contributed by atoms with Gasteiger partial charge in [-0.05, 0) is 48.2 Å². The zero-order valence-corrected chi connectivity index (χ0v) is 17.2. The molecule has 2 heterocycles. The Labute approximate surface area is 173 Å². The Morgan fingerprint density at radius 3 is 2.83 bits per heavy atom. The second-order valence-electron chi connectivity index (χ2n) is 7.46. The van der Waals surface area contributed by atoms with Crippen molar-refractivity contribution in [3.63, 3.8) is 0 Å². The Morgan fingerprint density at radius 2 is 1.97 bits per heavy atom. The summed E-state index contributed by atoms with van der Waals surface area (Å²) in [4.78, 5) is 7.14. The van der Waals surface area contributed by atoms with Crippen molar-refractivity contribution in [3.05, 3.63) is 71.3 Å². The zero-order valence-electron chi connectivity index (χ0n) is 17.2. The average molecular weight is 391 g/mol. The maximum absolute atomic E-state index is 5.59. The maximum atomic E-state index is 5.59. The molecule has 0 aliphatic carbocycles. The lowest BCUT2D eigenvalue weighted by Crippen LogP contribution is -2.38. The van der Waals surface area contributed by atoms with Gasteiger partial charge in [0.15, 0.2) is 5.96 Å². The number of nitrogens with zero attached hydrogens (tertiary/aromatic N) is 2. The predicted molar refractivity (Wildman–Crippen MR) is 120 cm³/mol. The number of nitrogens with one attached hydrogen (secondary N) is 2. The Kier molecular flexibility index (Phi) is 6.35. The molecule has 0 radical (unpaired) electrons. The Bertz CT molecular complexity index is 882. The molecule has 0 atom stereocenters. The highest BCUT2D eigenvalue weighted by molar-refractivity contribution is 5.79. The van der Waals surface area contributed by atoms with Gasteiger partial charge in [0.2, 0.25) is 0 Å². The second kappa shape index (κ2) is 9.50. The Morgan fingerprint density at radius 1 is 1.07 bits per heavy atom. The summed E-state index contributed by atoms with van der Waals surface area (Å²) in [5.74, 6) is 1.91. The summed E-state index contributed by atoms with van der Waals surface area (Å²) >= 11 is 0. The lowest BCUT2D eigenvalue weighted by molar-refractivity contribution is 0.357. The van der Waals surface area contributed by atoms with Gasteiger partial charge in [-0.15, -0.1) is 0 Å². The monoisotopic (exact) mass is 390 g/mol. The molecule has 2 aromatic rings. The van der Waals surface area contributed by atoms with Crippen LogP contribution in [-0.4, -0.2) is 38.7 Å². The minimum absolute atomic E-state index is 0.667. The highest BCUT2D eigenvalue weighted by Crippen LogP contribution is 2.25. The average Bonchev–Trinajstić information content (AvgIpc) is 3.44. The molecule has 2 aliphatic heterocycles. The largest absolute Gasteiger partial charge is 0.493 e. The lowest BCUT2D eigenvalue weighted by atomic mass is 10.1. The molecule has 5 heteroatoms. The van der Waals surface area contributed by atoms with Crippen LogP contribution >= 0.6 is 0 Å². The first-order chi connectivity index (χ1) is 14.3. The molecule has 4 rings (SSSR count). The minimum Gasteiger partial charge on any atom is -0.493 e. The fourth-order valence-electron chi connectivity index (χ4n) is 3.77. The second-order valence-corrected chi connectivity index (χ2v) is 7.46. The summed E-state index contributed by atoms with van der Waals surface area (Å²) in [6.45, 7) is 7.26. The third-order valence-corrected chi connectivity index (χ3v) is 5.32. The van der Waals surface area contributed by atoms with Crippen molar-refractivity contribution in [2.45, 2.75) is 26.3 Å². The van der Waals surface area contributed by atoms with Crippen LogP contribution in [-0.2, 0) is 19.4 Å². The summed E-state index contributed by atoms with van der Waals surface area (Å²) in [7, 11) is 0. The van der Waals surface area contributed by atoms with Crippen molar-refractivity contribution >= 4 is 11.6 Å². The Balaban J connectivity index is 1.32. The molecule has 0 aromatic heterocycles. The lowest BCUT2D eigenvalue weighted by Gasteiger charge is -2.18. The zero-order chi connectivity index (χ0) is 19.9. The summed E-state index contributed by atoms with van der Waals surface area (Å²) < 4.78 is 5.59. The Hall–Kier alpha value is -2.95. The summed E-state index contributed by atoms with van der Waals surface area (Å²) in [6, 6.07) is 15.2. The topological polar surface area (TPSA) is 48.9 Å². The molecule has 0 amide bonds. The molecule has 2 aliphatic rings. The number of aliphatic imine (C=N–C) groups is 1. The highest BCUT2D eigenvalue weighted by Gasteiger charge is 2.12. The molecule has 0 spiro atoms. The number of anilines is 1. The summed E-state index contributed by atoms with van der Waals surface area (Å²) in [5, 5.41) is 6.81. The van der Waals surface area contributed by atoms with E-state index in [4.69, 9.17) is 9.73 Å². The number of benzene rings is 2. The van der Waals surface area contributed by atoms with E-state index in [1.807, 2.05) is 0 Å². The van der Waals surface area contributed by atoms with Gasteiger partial charge in [0.05, 0.1) is 13.2 Å². The van der Waals surface area contributed by atoms with E-state index in [2.05, 4.69) is 77.1 Å². The van der Waals surface area contributed by atoms with E-state index in [-0.39, 0.29) is 0 Å². The van der Waals surface area contributed by atoms with E-state index in [0.29, 0.717) is 6.54 Å². The van der Waals surface area contributed by atoms with Gasteiger partial charge in [0, 0.05) is 38.3 Å². The van der Waals surface area contributed by atoms with E-state index in [0.717, 1.165) is 57.3 Å². The molecule has 2 N–H and O–H groups in total. The van der Waals surface area contributed by atoms with Crippen LogP contribution < -0.4 is 20.3 Å². The van der Waals surface area contributed by atoms with Crippen molar-refractivity contribution in [1.29, 1.82) is 0 Å². The first kappa shape index (κ1) is 19.4. The summed E-state index contributed by atoms with van der Waals surface area (Å²) in [6.07, 6.45) is 6.42. The van der Waals surface area contributed by atoms with E-state index < -0.39 is 0 Å². The molecule has 5 nitrogen and oxygen atoms in total.